The third-order valence-electron chi connectivity index (χ3n) is 6.21. The zero-order valence-electron chi connectivity index (χ0n) is 15.6. The summed E-state index contributed by atoms with van der Waals surface area (Å²) in [6.45, 7) is 11.0. The molecule has 3 nitrogen and oxygen atoms in total. The van der Waals surface area contributed by atoms with Gasteiger partial charge < -0.3 is 10.1 Å². The molecule has 0 bridgehead atoms. The zero-order chi connectivity index (χ0) is 16.7. The number of nitrogens with zero attached hydrogens (tertiary/aromatic N) is 1. The molecule has 3 fully saturated rings. The van der Waals surface area contributed by atoms with Crippen molar-refractivity contribution in [2.75, 3.05) is 13.2 Å². The maximum atomic E-state index is 6.86. The van der Waals surface area contributed by atoms with Gasteiger partial charge in [0.15, 0.2) is 0 Å². The topological polar surface area (TPSA) is 24.5 Å². The van der Waals surface area contributed by atoms with Gasteiger partial charge in [0, 0.05) is 18.1 Å². The number of ether oxygens (including phenoxy) is 1. The lowest BCUT2D eigenvalue weighted by molar-refractivity contribution is -0.141. The van der Waals surface area contributed by atoms with Crippen molar-refractivity contribution in [2.24, 2.45) is 5.92 Å². The summed E-state index contributed by atoms with van der Waals surface area (Å²) in [7, 11) is 6.86. The second-order valence-corrected chi connectivity index (χ2v) is 9.01. The molecule has 0 aromatic heterocycles. The van der Waals surface area contributed by atoms with Crippen LogP contribution in [-0.2, 0) is 4.74 Å². The van der Waals surface area contributed by atoms with Crippen LogP contribution in [0.1, 0.15) is 72.6 Å². The third-order valence-corrected chi connectivity index (χ3v) is 6.21. The molecule has 23 heavy (non-hydrogen) atoms. The van der Waals surface area contributed by atoms with Gasteiger partial charge in [0.25, 0.3) is 0 Å². The molecule has 3 rings (SSSR count). The maximum absolute atomic E-state index is 6.86. The van der Waals surface area contributed by atoms with Crippen LogP contribution in [0.15, 0.2) is 0 Å². The molecule has 1 saturated carbocycles. The summed E-state index contributed by atoms with van der Waals surface area (Å²) in [5.41, 5.74) is 0.113. The molecular formula is C19H35BN2O. The van der Waals surface area contributed by atoms with Crippen LogP contribution in [0.3, 0.4) is 0 Å². The predicted octanol–water partition coefficient (Wildman–Crippen LogP) is 3.07. The highest BCUT2D eigenvalue weighted by Crippen LogP contribution is 2.48. The molecule has 3 aliphatic rings. The first-order valence-corrected chi connectivity index (χ1v) is 9.78. The van der Waals surface area contributed by atoms with Crippen LogP contribution in [0.25, 0.3) is 0 Å². The molecule has 130 valence electrons. The molecule has 2 saturated heterocycles. The lowest BCUT2D eigenvalue weighted by atomic mass is 9.66. The number of hydrogen-bond acceptors (Lipinski definition) is 3. The molecule has 3 unspecified atom stereocenters. The van der Waals surface area contributed by atoms with Crippen LogP contribution >= 0.6 is 0 Å². The summed E-state index contributed by atoms with van der Waals surface area (Å²) < 4.78 is 5.66. The van der Waals surface area contributed by atoms with Gasteiger partial charge in [-0.15, -0.1) is 0 Å². The third kappa shape index (κ3) is 3.50. The number of nitrogens with one attached hydrogen (secondary N) is 1. The first-order chi connectivity index (χ1) is 10.9. The van der Waals surface area contributed by atoms with Gasteiger partial charge in [-0.25, -0.2) is 0 Å². The van der Waals surface area contributed by atoms with E-state index in [-0.39, 0.29) is 5.44 Å². The monoisotopic (exact) mass is 318 g/mol. The first-order valence-electron chi connectivity index (χ1n) is 9.78. The zero-order valence-corrected chi connectivity index (χ0v) is 15.6. The second-order valence-electron chi connectivity index (χ2n) is 9.01. The largest absolute Gasteiger partial charge is 0.377 e. The Kier molecular flexibility index (Phi) is 5.16. The molecule has 4 heteroatoms. The maximum Gasteiger partial charge on any atom is 0.0954 e. The van der Waals surface area contributed by atoms with E-state index in [1.54, 1.807) is 0 Å². The molecule has 1 aliphatic carbocycles. The molecule has 2 heterocycles. The fourth-order valence-corrected chi connectivity index (χ4v) is 5.67. The minimum atomic E-state index is -0.194. The van der Waals surface area contributed by atoms with Gasteiger partial charge >= 0.3 is 0 Å². The van der Waals surface area contributed by atoms with Gasteiger partial charge in [0.2, 0.25) is 0 Å². The number of fused-ring (bicyclic) bond motifs is 1. The molecular weight excluding hydrogens is 283 g/mol. The summed E-state index contributed by atoms with van der Waals surface area (Å²) in [5.74, 6) is 0.704. The van der Waals surface area contributed by atoms with Crippen molar-refractivity contribution in [2.45, 2.75) is 102 Å². The SMILES string of the molecule is [B]C1(NC(C)C)CCCCCC2C(C1)CC1(COC1)N2C(C)C. The van der Waals surface area contributed by atoms with Gasteiger partial charge in [-0.2, -0.15) is 0 Å². The van der Waals surface area contributed by atoms with Crippen LogP contribution in [0, 0.1) is 5.92 Å². The van der Waals surface area contributed by atoms with Crippen molar-refractivity contribution in [1.82, 2.24) is 10.2 Å². The second kappa shape index (κ2) is 6.69. The van der Waals surface area contributed by atoms with Gasteiger partial charge in [-0.05, 0) is 50.9 Å². The van der Waals surface area contributed by atoms with Crippen molar-refractivity contribution in [3.05, 3.63) is 0 Å². The summed E-state index contributed by atoms with van der Waals surface area (Å²) in [4.78, 5) is 2.81. The standard InChI is InChI=1S/C19H35BN2O/c1-14(2)21-19(20)9-7-5-6-8-17-16(11-19)10-18(12-23-13-18)22(17)15(3)4/h14-17,21H,5-13H2,1-4H3. The van der Waals surface area contributed by atoms with Crippen LogP contribution in [0.4, 0.5) is 0 Å². The highest BCUT2D eigenvalue weighted by molar-refractivity contribution is 6.15. The van der Waals surface area contributed by atoms with Crippen molar-refractivity contribution >= 4 is 7.85 Å². The van der Waals surface area contributed by atoms with E-state index in [1.165, 1.54) is 32.1 Å². The number of hydrogen-bond donors (Lipinski definition) is 1. The Bertz CT molecular complexity index is 410. The summed E-state index contributed by atoms with van der Waals surface area (Å²) in [6, 6.07) is 1.73. The average Bonchev–Trinajstić information content (AvgIpc) is 2.73. The average molecular weight is 318 g/mol. The summed E-state index contributed by atoms with van der Waals surface area (Å²) >= 11 is 0. The van der Waals surface area contributed by atoms with E-state index in [0.717, 1.165) is 26.1 Å². The minimum Gasteiger partial charge on any atom is -0.377 e. The minimum absolute atomic E-state index is 0.194. The van der Waals surface area contributed by atoms with Crippen molar-refractivity contribution in [3.8, 4) is 0 Å². The Morgan fingerprint density at radius 3 is 2.39 bits per heavy atom. The quantitative estimate of drug-likeness (QED) is 0.810. The van der Waals surface area contributed by atoms with Crippen LogP contribution in [0.5, 0.6) is 0 Å². The van der Waals surface area contributed by atoms with Gasteiger partial charge in [-0.1, -0.05) is 33.1 Å². The Morgan fingerprint density at radius 1 is 1.09 bits per heavy atom. The fourth-order valence-electron chi connectivity index (χ4n) is 5.67. The highest BCUT2D eigenvalue weighted by Gasteiger charge is 2.56. The molecule has 2 aliphatic heterocycles. The Balaban J connectivity index is 1.83. The predicted molar refractivity (Wildman–Crippen MR) is 96.9 cm³/mol. The number of likely N-dealkylation sites (tertiary alicyclic amines) is 1. The van der Waals surface area contributed by atoms with Crippen molar-refractivity contribution in [1.29, 1.82) is 0 Å². The summed E-state index contributed by atoms with van der Waals surface area (Å²) in [5, 5.41) is 3.70. The molecule has 3 atom stereocenters. The lowest BCUT2D eigenvalue weighted by Crippen LogP contribution is -2.62. The lowest BCUT2D eigenvalue weighted by Gasteiger charge is -2.49. The normalized spacial score (nSPS) is 38.2. The molecule has 0 amide bonds. The van der Waals surface area contributed by atoms with E-state index >= 15 is 0 Å². The Hall–Kier alpha value is -0.0551. The van der Waals surface area contributed by atoms with E-state index in [0.29, 0.717) is 29.6 Å². The Morgan fingerprint density at radius 2 is 1.83 bits per heavy atom. The molecule has 0 aromatic carbocycles. The highest BCUT2D eigenvalue weighted by atomic mass is 16.5. The van der Waals surface area contributed by atoms with E-state index in [2.05, 4.69) is 37.9 Å². The van der Waals surface area contributed by atoms with E-state index in [9.17, 15) is 0 Å². The van der Waals surface area contributed by atoms with E-state index < -0.39 is 0 Å². The van der Waals surface area contributed by atoms with Crippen molar-refractivity contribution < 1.29 is 4.74 Å². The number of rotatable bonds is 3. The van der Waals surface area contributed by atoms with Crippen LogP contribution < -0.4 is 5.32 Å². The van der Waals surface area contributed by atoms with Gasteiger partial charge in [0.05, 0.1) is 26.6 Å². The Labute approximate surface area is 144 Å². The van der Waals surface area contributed by atoms with Gasteiger partial charge in [-0.3, -0.25) is 4.90 Å². The molecule has 2 radical (unpaired) electrons. The molecule has 1 N–H and O–H groups in total. The summed E-state index contributed by atoms with van der Waals surface area (Å²) in [6.07, 6.45) is 8.75. The fraction of sp³-hybridized carbons (Fsp3) is 1.00. The van der Waals surface area contributed by atoms with Crippen molar-refractivity contribution in [3.63, 3.8) is 0 Å². The van der Waals surface area contributed by atoms with Gasteiger partial charge in [0.1, 0.15) is 0 Å². The van der Waals surface area contributed by atoms with E-state index in [1.807, 2.05) is 0 Å². The smallest absolute Gasteiger partial charge is 0.0954 e. The molecule has 1 spiro atoms. The molecule has 0 aromatic rings. The van der Waals surface area contributed by atoms with Crippen LogP contribution in [0.2, 0.25) is 0 Å². The van der Waals surface area contributed by atoms with Crippen LogP contribution in [-0.4, -0.2) is 55.1 Å². The van der Waals surface area contributed by atoms with E-state index in [4.69, 9.17) is 12.6 Å². The first kappa shape index (κ1) is 17.8.